The molecule has 0 radical (unpaired) electrons. The Labute approximate surface area is 107 Å². The Morgan fingerprint density at radius 1 is 1.42 bits per heavy atom. The molecule has 1 heterocycles. The zero-order valence-corrected chi connectivity index (χ0v) is 9.81. The predicted molar refractivity (Wildman–Crippen MR) is 61.3 cm³/mol. The molecule has 0 aromatic carbocycles. The first-order chi connectivity index (χ1) is 8.99. The van der Waals surface area contributed by atoms with Gasteiger partial charge < -0.3 is 15.2 Å². The minimum absolute atomic E-state index is 0.0632. The Morgan fingerprint density at radius 3 is 2.79 bits per heavy atom. The van der Waals surface area contributed by atoms with Crippen LogP contribution in [0.1, 0.15) is 16.8 Å². The molecule has 0 aliphatic heterocycles. The van der Waals surface area contributed by atoms with Crippen LogP contribution in [0.2, 0.25) is 0 Å². The smallest absolute Gasteiger partial charge is 0.337 e. The lowest BCUT2D eigenvalue weighted by Crippen LogP contribution is -2.16. The predicted octanol–water partition coefficient (Wildman–Crippen LogP) is 1.39. The molecule has 1 aromatic rings. The average Bonchev–Trinajstić information content (AvgIpc) is 2.34. The summed E-state index contributed by atoms with van der Waals surface area (Å²) in [4.78, 5) is 25.7. The quantitative estimate of drug-likeness (QED) is 0.733. The molecule has 0 aliphatic carbocycles. The van der Waals surface area contributed by atoms with Crippen molar-refractivity contribution < 1.29 is 28.2 Å². The van der Waals surface area contributed by atoms with Crippen molar-refractivity contribution in [2.24, 2.45) is 0 Å². The van der Waals surface area contributed by atoms with Gasteiger partial charge in [0, 0.05) is 6.20 Å². The number of nitrogens with one attached hydrogen (secondary N) is 1. The van der Waals surface area contributed by atoms with Gasteiger partial charge in [-0.25, -0.2) is 13.6 Å². The fraction of sp³-hybridized carbons (Fsp3) is 0.364. The van der Waals surface area contributed by atoms with Gasteiger partial charge in [-0.2, -0.15) is 0 Å². The molecule has 6 nitrogen and oxygen atoms in total. The van der Waals surface area contributed by atoms with Crippen LogP contribution in [0, 0.1) is 0 Å². The van der Waals surface area contributed by atoms with Crippen molar-refractivity contribution >= 4 is 17.6 Å². The van der Waals surface area contributed by atoms with Gasteiger partial charge >= 0.3 is 5.97 Å². The molecule has 104 valence electrons. The van der Waals surface area contributed by atoms with Gasteiger partial charge in [-0.3, -0.25) is 9.78 Å². The van der Waals surface area contributed by atoms with Gasteiger partial charge in [-0.15, -0.1) is 0 Å². The summed E-state index contributed by atoms with van der Waals surface area (Å²) in [7, 11) is 0. The number of rotatable bonds is 7. The van der Waals surface area contributed by atoms with Crippen LogP contribution < -0.4 is 5.32 Å². The summed E-state index contributed by atoms with van der Waals surface area (Å²) >= 11 is 0. The summed E-state index contributed by atoms with van der Waals surface area (Å²) in [6.45, 7) is -0.856. The molecule has 0 spiro atoms. The van der Waals surface area contributed by atoms with E-state index in [1.54, 1.807) is 0 Å². The maximum absolute atomic E-state index is 11.7. The van der Waals surface area contributed by atoms with Gasteiger partial charge in [-0.05, 0) is 6.07 Å². The van der Waals surface area contributed by atoms with E-state index in [4.69, 9.17) is 5.11 Å². The maximum Gasteiger partial charge on any atom is 0.337 e. The minimum Gasteiger partial charge on any atom is -0.478 e. The van der Waals surface area contributed by atoms with E-state index in [1.165, 1.54) is 12.3 Å². The summed E-state index contributed by atoms with van der Waals surface area (Å²) in [6.07, 6.45) is -0.252. The molecule has 8 heteroatoms. The van der Waals surface area contributed by atoms with Crippen LogP contribution in [0.4, 0.5) is 14.5 Å². The minimum atomic E-state index is -2.57. The number of carbonyl (C=O) groups excluding carboxylic acids is 1. The largest absolute Gasteiger partial charge is 0.478 e. The van der Waals surface area contributed by atoms with Crippen molar-refractivity contribution in [1.29, 1.82) is 0 Å². The van der Waals surface area contributed by atoms with E-state index in [0.29, 0.717) is 0 Å². The summed E-state index contributed by atoms with van der Waals surface area (Å²) in [5.41, 5.74) is 0.158. The molecule has 2 N–H and O–H groups in total. The maximum atomic E-state index is 11.7. The zero-order valence-electron chi connectivity index (χ0n) is 9.81. The number of carboxylic acid groups (broad SMARTS) is 1. The highest BCUT2D eigenvalue weighted by Crippen LogP contribution is 2.08. The first-order valence-corrected chi connectivity index (χ1v) is 5.33. The SMILES string of the molecule is O=C(CCOCC(F)F)Nc1cncc(C(=O)O)c1. The number of pyridine rings is 1. The summed E-state index contributed by atoms with van der Waals surface area (Å²) in [6, 6.07) is 1.24. The Balaban J connectivity index is 2.40. The molecule has 0 aliphatic rings. The molecular formula is C11H12F2N2O4. The highest BCUT2D eigenvalue weighted by Gasteiger charge is 2.08. The third kappa shape index (κ3) is 5.87. The van der Waals surface area contributed by atoms with Gasteiger partial charge in [0.15, 0.2) is 0 Å². The van der Waals surface area contributed by atoms with Crippen molar-refractivity contribution in [3.63, 3.8) is 0 Å². The van der Waals surface area contributed by atoms with Crippen LogP contribution in [0.3, 0.4) is 0 Å². The van der Waals surface area contributed by atoms with Gasteiger partial charge in [0.1, 0.15) is 6.61 Å². The van der Waals surface area contributed by atoms with Crippen LogP contribution in [-0.2, 0) is 9.53 Å². The third-order valence-electron chi connectivity index (χ3n) is 1.99. The van der Waals surface area contributed by atoms with E-state index in [9.17, 15) is 18.4 Å². The van der Waals surface area contributed by atoms with Crippen LogP contribution in [-0.4, -0.2) is 41.6 Å². The van der Waals surface area contributed by atoms with Crippen LogP contribution in [0.25, 0.3) is 0 Å². The van der Waals surface area contributed by atoms with E-state index in [1.807, 2.05) is 0 Å². The van der Waals surface area contributed by atoms with Crippen LogP contribution in [0.15, 0.2) is 18.5 Å². The number of hydrogen-bond donors (Lipinski definition) is 2. The molecule has 1 aromatic heterocycles. The number of halogens is 2. The van der Waals surface area contributed by atoms with Crippen molar-refractivity contribution in [1.82, 2.24) is 4.98 Å². The summed E-state index contributed by atoms with van der Waals surface area (Å²) < 4.78 is 28.0. The number of hydrogen-bond acceptors (Lipinski definition) is 4. The molecule has 0 bridgehead atoms. The van der Waals surface area contributed by atoms with E-state index >= 15 is 0 Å². The molecule has 0 saturated carbocycles. The fourth-order valence-corrected chi connectivity index (χ4v) is 1.19. The highest BCUT2D eigenvalue weighted by atomic mass is 19.3. The fourth-order valence-electron chi connectivity index (χ4n) is 1.19. The first-order valence-electron chi connectivity index (χ1n) is 5.33. The van der Waals surface area contributed by atoms with Crippen molar-refractivity contribution in [2.75, 3.05) is 18.5 Å². The lowest BCUT2D eigenvalue weighted by Gasteiger charge is -2.06. The third-order valence-corrected chi connectivity index (χ3v) is 1.99. The molecule has 19 heavy (non-hydrogen) atoms. The Kier molecular flexibility index (Phi) is 5.80. The van der Waals surface area contributed by atoms with Crippen LogP contribution in [0.5, 0.6) is 0 Å². The van der Waals surface area contributed by atoms with Crippen molar-refractivity contribution in [3.8, 4) is 0 Å². The van der Waals surface area contributed by atoms with E-state index in [2.05, 4.69) is 15.0 Å². The monoisotopic (exact) mass is 274 g/mol. The lowest BCUT2D eigenvalue weighted by molar-refractivity contribution is -0.117. The number of carboxylic acids is 1. The number of aromatic nitrogens is 1. The summed E-state index contributed by atoms with van der Waals surface area (Å²) in [5, 5.41) is 11.1. The van der Waals surface area contributed by atoms with Gasteiger partial charge in [0.05, 0.1) is 30.5 Å². The van der Waals surface area contributed by atoms with Gasteiger partial charge in [0.25, 0.3) is 6.43 Å². The van der Waals surface area contributed by atoms with Crippen molar-refractivity contribution in [2.45, 2.75) is 12.8 Å². The lowest BCUT2D eigenvalue weighted by atomic mass is 10.2. The van der Waals surface area contributed by atoms with Gasteiger partial charge in [-0.1, -0.05) is 0 Å². The Hall–Kier alpha value is -2.09. The number of nitrogens with zero attached hydrogens (tertiary/aromatic N) is 1. The summed E-state index contributed by atoms with van der Waals surface area (Å²) in [5.74, 6) is -1.64. The second-order valence-electron chi connectivity index (χ2n) is 3.53. The molecular weight excluding hydrogens is 262 g/mol. The number of amides is 1. The van der Waals surface area contributed by atoms with Crippen LogP contribution >= 0.6 is 0 Å². The second kappa shape index (κ2) is 7.37. The number of ether oxygens (including phenoxy) is 1. The van der Waals surface area contributed by atoms with Gasteiger partial charge in [0.2, 0.25) is 5.91 Å². The molecule has 1 rings (SSSR count). The number of alkyl halides is 2. The topological polar surface area (TPSA) is 88.5 Å². The van der Waals surface area contributed by atoms with E-state index in [-0.39, 0.29) is 24.3 Å². The average molecular weight is 274 g/mol. The number of aromatic carboxylic acids is 1. The molecule has 0 fully saturated rings. The zero-order chi connectivity index (χ0) is 14.3. The highest BCUT2D eigenvalue weighted by molar-refractivity contribution is 5.93. The molecule has 0 atom stereocenters. The first kappa shape index (κ1) is 15.0. The normalized spacial score (nSPS) is 10.5. The van der Waals surface area contributed by atoms with Crippen molar-refractivity contribution in [3.05, 3.63) is 24.0 Å². The standard InChI is InChI=1S/C11H12F2N2O4/c12-9(13)6-19-2-1-10(16)15-8-3-7(11(17)18)4-14-5-8/h3-5,9H,1-2,6H2,(H,15,16)(H,17,18). The Morgan fingerprint density at radius 2 is 2.16 bits per heavy atom. The Bertz CT molecular complexity index is 454. The van der Waals surface area contributed by atoms with E-state index < -0.39 is 24.9 Å². The van der Waals surface area contributed by atoms with E-state index in [0.717, 1.165) is 6.20 Å². The number of carbonyl (C=O) groups is 2. The second-order valence-corrected chi connectivity index (χ2v) is 3.53. The molecule has 0 unspecified atom stereocenters. The molecule has 0 saturated heterocycles. The molecule has 1 amide bonds. The number of anilines is 1.